The number of hydrogen-bond acceptors (Lipinski definition) is 3. The summed E-state index contributed by atoms with van der Waals surface area (Å²) in [5.74, 6) is 1.58. The van der Waals surface area contributed by atoms with Crippen molar-refractivity contribution in [3.05, 3.63) is 0 Å². The summed E-state index contributed by atoms with van der Waals surface area (Å²) in [5.41, 5.74) is 0. The van der Waals surface area contributed by atoms with E-state index in [4.69, 9.17) is 14.2 Å². The molecule has 1 fully saturated rings. The fourth-order valence-corrected chi connectivity index (χ4v) is 2.11. The molecule has 1 saturated heterocycles. The van der Waals surface area contributed by atoms with E-state index < -0.39 is 0 Å². The van der Waals surface area contributed by atoms with Gasteiger partial charge in [0.15, 0.2) is 6.29 Å². The molecule has 84 valence electrons. The van der Waals surface area contributed by atoms with Gasteiger partial charge in [0.2, 0.25) is 0 Å². The third-order valence-corrected chi connectivity index (χ3v) is 3.55. The van der Waals surface area contributed by atoms with Gasteiger partial charge in [0, 0.05) is 20.1 Å². The molecule has 3 nitrogen and oxygen atoms in total. The Hall–Kier alpha value is -0.120. The molecule has 0 amide bonds. The SMILES string of the molecule is COCC1O[C@H](OC)C(C)[C@@H](C)[C@H]1C. The van der Waals surface area contributed by atoms with Gasteiger partial charge in [0.05, 0.1) is 12.7 Å². The highest BCUT2D eigenvalue weighted by Crippen LogP contribution is 2.35. The molecule has 0 aromatic rings. The molecule has 0 aliphatic carbocycles. The molecule has 5 atom stereocenters. The van der Waals surface area contributed by atoms with Crippen LogP contribution in [0.2, 0.25) is 0 Å². The molecule has 0 spiro atoms. The van der Waals surface area contributed by atoms with Gasteiger partial charge in [-0.05, 0) is 11.8 Å². The van der Waals surface area contributed by atoms with Crippen molar-refractivity contribution in [3.63, 3.8) is 0 Å². The second kappa shape index (κ2) is 5.10. The van der Waals surface area contributed by atoms with Crippen molar-refractivity contribution in [2.45, 2.75) is 33.2 Å². The summed E-state index contributed by atoms with van der Waals surface area (Å²) >= 11 is 0. The van der Waals surface area contributed by atoms with Crippen LogP contribution in [0.1, 0.15) is 20.8 Å². The monoisotopic (exact) mass is 202 g/mol. The zero-order chi connectivity index (χ0) is 10.7. The first-order valence-electron chi connectivity index (χ1n) is 5.29. The maximum Gasteiger partial charge on any atom is 0.160 e. The van der Waals surface area contributed by atoms with Gasteiger partial charge in [-0.25, -0.2) is 0 Å². The van der Waals surface area contributed by atoms with Crippen LogP contribution in [0.4, 0.5) is 0 Å². The smallest absolute Gasteiger partial charge is 0.160 e. The summed E-state index contributed by atoms with van der Waals surface area (Å²) in [7, 11) is 3.41. The van der Waals surface area contributed by atoms with Crippen molar-refractivity contribution in [1.82, 2.24) is 0 Å². The summed E-state index contributed by atoms with van der Waals surface area (Å²) in [6, 6.07) is 0. The molecule has 1 aliphatic heterocycles. The predicted molar refractivity (Wildman–Crippen MR) is 55.0 cm³/mol. The van der Waals surface area contributed by atoms with Crippen molar-refractivity contribution in [1.29, 1.82) is 0 Å². The minimum Gasteiger partial charge on any atom is -0.382 e. The zero-order valence-corrected chi connectivity index (χ0v) is 9.82. The van der Waals surface area contributed by atoms with Gasteiger partial charge in [-0.2, -0.15) is 0 Å². The normalized spacial score (nSPS) is 43.9. The Morgan fingerprint density at radius 3 is 2.14 bits per heavy atom. The quantitative estimate of drug-likeness (QED) is 0.699. The van der Waals surface area contributed by atoms with Gasteiger partial charge in [-0.1, -0.05) is 20.8 Å². The minimum atomic E-state index is -0.0821. The van der Waals surface area contributed by atoms with Gasteiger partial charge >= 0.3 is 0 Å². The van der Waals surface area contributed by atoms with Crippen molar-refractivity contribution in [2.24, 2.45) is 17.8 Å². The van der Waals surface area contributed by atoms with Crippen LogP contribution < -0.4 is 0 Å². The predicted octanol–water partition coefficient (Wildman–Crippen LogP) is 1.91. The Labute approximate surface area is 86.7 Å². The molecule has 1 aliphatic rings. The Morgan fingerprint density at radius 1 is 1.00 bits per heavy atom. The van der Waals surface area contributed by atoms with E-state index in [0.717, 1.165) is 0 Å². The lowest BCUT2D eigenvalue weighted by Crippen LogP contribution is -2.47. The molecule has 1 heterocycles. The Morgan fingerprint density at radius 2 is 1.64 bits per heavy atom. The Balaban J connectivity index is 2.63. The van der Waals surface area contributed by atoms with Crippen LogP contribution in [0.5, 0.6) is 0 Å². The van der Waals surface area contributed by atoms with E-state index in [0.29, 0.717) is 24.4 Å². The summed E-state index contributed by atoms with van der Waals surface area (Å²) in [5, 5.41) is 0. The van der Waals surface area contributed by atoms with Crippen LogP contribution in [0.25, 0.3) is 0 Å². The second-order valence-electron chi connectivity index (χ2n) is 4.31. The molecule has 0 N–H and O–H groups in total. The van der Waals surface area contributed by atoms with Crippen LogP contribution >= 0.6 is 0 Å². The van der Waals surface area contributed by atoms with Crippen LogP contribution in [0.3, 0.4) is 0 Å². The average Bonchev–Trinajstić information content (AvgIpc) is 2.19. The fourth-order valence-electron chi connectivity index (χ4n) is 2.11. The maximum absolute atomic E-state index is 5.82. The summed E-state index contributed by atoms with van der Waals surface area (Å²) in [4.78, 5) is 0. The molecule has 0 bridgehead atoms. The van der Waals surface area contributed by atoms with Crippen LogP contribution in [0.15, 0.2) is 0 Å². The summed E-state index contributed by atoms with van der Waals surface area (Å²) < 4.78 is 16.3. The molecule has 1 rings (SSSR count). The zero-order valence-electron chi connectivity index (χ0n) is 9.82. The second-order valence-corrected chi connectivity index (χ2v) is 4.31. The van der Waals surface area contributed by atoms with E-state index in [1.165, 1.54) is 0 Å². The van der Waals surface area contributed by atoms with Crippen molar-refractivity contribution in [3.8, 4) is 0 Å². The highest BCUT2D eigenvalue weighted by molar-refractivity contribution is 4.82. The van der Waals surface area contributed by atoms with Crippen LogP contribution in [0, 0.1) is 17.8 Å². The highest BCUT2D eigenvalue weighted by Gasteiger charge is 2.38. The van der Waals surface area contributed by atoms with E-state index >= 15 is 0 Å². The minimum absolute atomic E-state index is 0.0821. The van der Waals surface area contributed by atoms with Gasteiger partial charge in [0.25, 0.3) is 0 Å². The van der Waals surface area contributed by atoms with E-state index in [1.54, 1.807) is 14.2 Å². The molecular weight excluding hydrogens is 180 g/mol. The van der Waals surface area contributed by atoms with E-state index in [-0.39, 0.29) is 12.4 Å². The maximum atomic E-state index is 5.82. The fraction of sp³-hybridized carbons (Fsp3) is 1.00. The molecule has 0 aromatic carbocycles. The molecule has 0 radical (unpaired) electrons. The van der Waals surface area contributed by atoms with E-state index in [2.05, 4.69) is 20.8 Å². The van der Waals surface area contributed by atoms with E-state index in [1.807, 2.05) is 0 Å². The first-order valence-corrected chi connectivity index (χ1v) is 5.29. The Kier molecular flexibility index (Phi) is 4.35. The van der Waals surface area contributed by atoms with Gasteiger partial charge < -0.3 is 14.2 Å². The molecular formula is C11H22O3. The first-order chi connectivity index (χ1) is 6.61. The van der Waals surface area contributed by atoms with Crippen LogP contribution in [-0.4, -0.2) is 33.2 Å². The molecule has 3 heteroatoms. The molecule has 0 saturated carbocycles. The topological polar surface area (TPSA) is 27.7 Å². The summed E-state index contributed by atoms with van der Waals surface area (Å²) in [6.45, 7) is 7.31. The van der Waals surface area contributed by atoms with Crippen molar-refractivity contribution < 1.29 is 14.2 Å². The average molecular weight is 202 g/mol. The lowest BCUT2D eigenvalue weighted by molar-refractivity contribution is -0.245. The number of rotatable bonds is 3. The lowest BCUT2D eigenvalue weighted by atomic mass is 9.79. The van der Waals surface area contributed by atoms with Crippen LogP contribution in [-0.2, 0) is 14.2 Å². The van der Waals surface area contributed by atoms with E-state index in [9.17, 15) is 0 Å². The van der Waals surface area contributed by atoms with Gasteiger partial charge in [0.1, 0.15) is 0 Å². The highest BCUT2D eigenvalue weighted by atomic mass is 16.7. The first kappa shape index (κ1) is 12.0. The third kappa shape index (κ3) is 2.27. The number of hydrogen-bond donors (Lipinski definition) is 0. The van der Waals surface area contributed by atoms with Crippen molar-refractivity contribution in [2.75, 3.05) is 20.8 Å². The number of methoxy groups -OCH3 is 2. The molecule has 14 heavy (non-hydrogen) atoms. The molecule has 0 aromatic heterocycles. The third-order valence-electron chi connectivity index (χ3n) is 3.55. The molecule has 2 unspecified atom stereocenters. The largest absolute Gasteiger partial charge is 0.382 e. The summed E-state index contributed by atoms with van der Waals surface area (Å²) in [6.07, 6.45) is 0.0810. The number of ether oxygens (including phenoxy) is 3. The van der Waals surface area contributed by atoms with Gasteiger partial charge in [-0.15, -0.1) is 0 Å². The van der Waals surface area contributed by atoms with Crippen molar-refractivity contribution >= 4 is 0 Å². The standard InChI is InChI=1S/C11H22O3/c1-7-8(2)10(6-12-4)14-11(13-5)9(7)3/h7-11H,6H2,1-5H3/t7-,8+,9?,10?,11-/m0/s1. The van der Waals surface area contributed by atoms with Gasteiger partial charge in [-0.3, -0.25) is 0 Å². The lowest BCUT2D eigenvalue weighted by Gasteiger charge is -2.42. The Bertz CT molecular complexity index is 168.